The van der Waals surface area contributed by atoms with E-state index in [9.17, 15) is 14.0 Å². The van der Waals surface area contributed by atoms with Gasteiger partial charge in [-0.25, -0.2) is 9.18 Å². The third-order valence-electron chi connectivity index (χ3n) is 3.75. The van der Waals surface area contributed by atoms with Crippen molar-refractivity contribution in [2.75, 3.05) is 11.1 Å². The van der Waals surface area contributed by atoms with Gasteiger partial charge < -0.3 is 14.6 Å². The van der Waals surface area contributed by atoms with Crippen LogP contribution in [0.5, 0.6) is 0 Å². The summed E-state index contributed by atoms with van der Waals surface area (Å²) >= 11 is 1.20. The van der Waals surface area contributed by atoms with Crippen LogP contribution < -0.4 is 5.32 Å². The minimum atomic E-state index is -0.553. The van der Waals surface area contributed by atoms with Crippen molar-refractivity contribution >= 4 is 29.3 Å². The first kappa shape index (κ1) is 20.5. The van der Waals surface area contributed by atoms with Crippen LogP contribution in [0.3, 0.4) is 0 Å². The molecular formula is C20H18FN3O4S. The molecule has 0 radical (unpaired) electrons. The van der Waals surface area contributed by atoms with Crippen molar-refractivity contribution in [1.82, 2.24) is 10.1 Å². The number of nitrogens with zero attached hydrogens (tertiary/aromatic N) is 2. The summed E-state index contributed by atoms with van der Waals surface area (Å²) in [5.74, 6) is -0.369. The quantitative estimate of drug-likeness (QED) is 0.441. The Kier molecular flexibility index (Phi) is 6.96. The maximum absolute atomic E-state index is 12.9. The largest absolute Gasteiger partial charge is 0.452 e. The molecule has 1 amide bonds. The Morgan fingerprint density at radius 1 is 1.17 bits per heavy atom. The first-order chi connectivity index (χ1) is 14.0. The molecular weight excluding hydrogens is 397 g/mol. The van der Waals surface area contributed by atoms with Crippen molar-refractivity contribution in [2.24, 2.45) is 0 Å². The molecule has 1 aromatic heterocycles. The number of aromatic nitrogens is 2. The Labute approximate surface area is 170 Å². The number of amides is 1. The zero-order valence-electron chi connectivity index (χ0n) is 15.6. The number of anilines is 1. The van der Waals surface area contributed by atoms with Crippen LogP contribution in [0.2, 0.25) is 0 Å². The van der Waals surface area contributed by atoms with Gasteiger partial charge in [0.15, 0.2) is 12.4 Å². The van der Waals surface area contributed by atoms with E-state index in [2.05, 4.69) is 15.5 Å². The maximum Gasteiger partial charge on any atom is 0.339 e. The van der Waals surface area contributed by atoms with E-state index in [4.69, 9.17) is 9.26 Å². The monoisotopic (exact) mass is 415 g/mol. The summed E-state index contributed by atoms with van der Waals surface area (Å²) in [5, 5.41) is 6.42. The number of thioether (sulfide) groups is 1. The van der Waals surface area contributed by atoms with Gasteiger partial charge in [-0.15, -0.1) is 11.8 Å². The van der Waals surface area contributed by atoms with Gasteiger partial charge in [-0.3, -0.25) is 4.79 Å². The lowest BCUT2D eigenvalue weighted by Gasteiger charge is -2.09. The van der Waals surface area contributed by atoms with E-state index in [1.165, 1.54) is 36.0 Å². The molecule has 0 unspecified atom stereocenters. The van der Waals surface area contributed by atoms with Crippen LogP contribution in [0.4, 0.5) is 10.1 Å². The molecule has 150 valence electrons. The van der Waals surface area contributed by atoms with Crippen molar-refractivity contribution in [3.8, 4) is 0 Å². The molecule has 0 bridgehead atoms. The number of carbonyl (C=O) groups is 2. The summed E-state index contributed by atoms with van der Waals surface area (Å²) in [6, 6.07) is 12.3. The average molecular weight is 415 g/mol. The Balaban J connectivity index is 1.56. The molecule has 29 heavy (non-hydrogen) atoms. The van der Waals surface area contributed by atoms with Gasteiger partial charge in [-0.05, 0) is 36.4 Å². The fourth-order valence-corrected chi connectivity index (χ4v) is 3.17. The highest BCUT2D eigenvalue weighted by atomic mass is 32.2. The van der Waals surface area contributed by atoms with Crippen LogP contribution in [-0.2, 0) is 22.6 Å². The average Bonchev–Trinajstić information content (AvgIpc) is 3.20. The Bertz CT molecular complexity index is 991. The molecule has 3 aromatic rings. The standard InChI is InChI=1S/C20H18FN3O4S/c1-2-17-23-19(28-24-17)11-27-20(26)15-5-3-4-6-16(15)29-12-18(25)22-14-9-7-13(21)8-10-14/h3-10H,2,11-12H2,1H3,(H,22,25). The van der Waals surface area contributed by atoms with Gasteiger partial charge in [0.2, 0.25) is 5.91 Å². The summed E-state index contributed by atoms with van der Waals surface area (Å²) in [6.45, 7) is 1.76. The Morgan fingerprint density at radius 2 is 1.93 bits per heavy atom. The number of aryl methyl sites for hydroxylation is 1. The molecule has 7 nitrogen and oxygen atoms in total. The Morgan fingerprint density at radius 3 is 2.66 bits per heavy atom. The normalized spacial score (nSPS) is 10.6. The second-order valence-electron chi connectivity index (χ2n) is 5.87. The molecule has 0 aliphatic rings. The number of rotatable bonds is 8. The first-order valence-corrected chi connectivity index (χ1v) is 9.79. The molecule has 3 rings (SSSR count). The summed E-state index contributed by atoms with van der Waals surface area (Å²) in [5.41, 5.74) is 0.831. The molecule has 0 aliphatic heterocycles. The SMILES string of the molecule is CCc1noc(COC(=O)c2ccccc2SCC(=O)Nc2ccc(F)cc2)n1. The minimum Gasteiger partial charge on any atom is -0.452 e. The van der Waals surface area contributed by atoms with Crippen LogP contribution in [0.1, 0.15) is 29.0 Å². The third kappa shape index (κ3) is 5.89. The van der Waals surface area contributed by atoms with Gasteiger partial charge >= 0.3 is 5.97 Å². The molecule has 0 saturated heterocycles. The van der Waals surface area contributed by atoms with Crippen molar-refractivity contribution in [2.45, 2.75) is 24.8 Å². The molecule has 0 fully saturated rings. The number of benzene rings is 2. The lowest BCUT2D eigenvalue weighted by atomic mass is 10.2. The van der Waals surface area contributed by atoms with Crippen LogP contribution in [0.15, 0.2) is 57.9 Å². The van der Waals surface area contributed by atoms with E-state index >= 15 is 0 Å². The highest BCUT2D eigenvalue weighted by molar-refractivity contribution is 8.00. The van der Waals surface area contributed by atoms with Gasteiger partial charge in [-0.1, -0.05) is 24.2 Å². The van der Waals surface area contributed by atoms with Crippen LogP contribution in [0, 0.1) is 5.82 Å². The summed E-state index contributed by atoms with van der Waals surface area (Å²) in [7, 11) is 0. The van der Waals surface area contributed by atoms with Crippen LogP contribution >= 0.6 is 11.8 Å². The van der Waals surface area contributed by atoms with Gasteiger partial charge in [0.25, 0.3) is 5.89 Å². The molecule has 9 heteroatoms. The van der Waals surface area contributed by atoms with E-state index in [1.54, 1.807) is 24.3 Å². The number of esters is 1. The van der Waals surface area contributed by atoms with E-state index in [1.807, 2.05) is 6.92 Å². The molecule has 1 heterocycles. The van der Waals surface area contributed by atoms with Crippen molar-refractivity contribution in [1.29, 1.82) is 0 Å². The van der Waals surface area contributed by atoms with E-state index < -0.39 is 5.97 Å². The molecule has 0 spiro atoms. The fourth-order valence-electron chi connectivity index (χ4n) is 2.33. The minimum absolute atomic E-state index is 0.0746. The smallest absolute Gasteiger partial charge is 0.339 e. The van der Waals surface area contributed by atoms with Crippen LogP contribution in [-0.4, -0.2) is 27.8 Å². The predicted octanol–water partition coefficient (Wildman–Crippen LogP) is 3.86. The topological polar surface area (TPSA) is 94.3 Å². The number of hydrogen-bond donors (Lipinski definition) is 1. The lowest BCUT2D eigenvalue weighted by molar-refractivity contribution is -0.113. The fraction of sp³-hybridized carbons (Fsp3) is 0.200. The molecule has 2 aromatic carbocycles. The zero-order valence-corrected chi connectivity index (χ0v) is 16.4. The van der Waals surface area contributed by atoms with E-state index in [0.29, 0.717) is 28.4 Å². The predicted molar refractivity (Wildman–Crippen MR) is 105 cm³/mol. The molecule has 0 atom stereocenters. The second kappa shape index (κ2) is 9.83. The number of nitrogens with one attached hydrogen (secondary N) is 1. The maximum atomic E-state index is 12.9. The van der Waals surface area contributed by atoms with Gasteiger partial charge in [-0.2, -0.15) is 4.98 Å². The van der Waals surface area contributed by atoms with Crippen molar-refractivity contribution in [3.63, 3.8) is 0 Å². The van der Waals surface area contributed by atoms with Crippen molar-refractivity contribution in [3.05, 3.63) is 71.6 Å². The summed E-state index contributed by atoms with van der Waals surface area (Å²) in [4.78, 5) is 29.2. The summed E-state index contributed by atoms with van der Waals surface area (Å²) < 4.78 is 23.2. The van der Waals surface area contributed by atoms with E-state index in [0.717, 1.165) is 0 Å². The number of hydrogen-bond acceptors (Lipinski definition) is 7. The molecule has 0 saturated carbocycles. The lowest BCUT2D eigenvalue weighted by Crippen LogP contribution is -2.14. The second-order valence-corrected chi connectivity index (χ2v) is 6.89. The zero-order chi connectivity index (χ0) is 20.6. The number of halogens is 1. The molecule has 1 N–H and O–H groups in total. The Hall–Kier alpha value is -3.20. The highest BCUT2D eigenvalue weighted by Gasteiger charge is 2.16. The third-order valence-corrected chi connectivity index (χ3v) is 4.82. The number of carbonyl (C=O) groups excluding carboxylic acids is 2. The van der Waals surface area contributed by atoms with Crippen molar-refractivity contribution < 1.29 is 23.2 Å². The highest BCUT2D eigenvalue weighted by Crippen LogP contribution is 2.24. The molecule has 0 aliphatic carbocycles. The van der Waals surface area contributed by atoms with Gasteiger partial charge in [0.1, 0.15) is 5.82 Å². The number of ether oxygens (including phenoxy) is 1. The first-order valence-electron chi connectivity index (χ1n) is 8.81. The van der Waals surface area contributed by atoms with Gasteiger partial charge in [0.05, 0.1) is 11.3 Å². The van der Waals surface area contributed by atoms with Crippen LogP contribution in [0.25, 0.3) is 0 Å². The summed E-state index contributed by atoms with van der Waals surface area (Å²) in [6.07, 6.45) is 0.622. The van der Waals surface area contributed by atoms with E-state index in [-0.39, 0.29) is 30.0 Å². The van der Waals surface area contributed by atoms with Gasteiger partial charge in [0, 0.05) is 17.0 Å².